The highest BCUT2D eigenvalue weighted by molar-refractivity contribution is 5.93. The van der Waals surface area contributed by atoms with Crippen molar-refractivity contribution in [1.29, 1.82) is 0 Å². The van der Waals surface area contributed by atoms with E-state index in [1.807, 2.05) is 49.3 Å². The Morgan fingerprint density at radius 1 is 1.07 bits per heavy atom. The number of anilines is 1. The molecule has 1 amide bonds. The van der Waals surface area contributed by atoms with Crippen LogP contribution < -0.4 is 16.3 Å². The summed E-state index contributed by atoms with van der Waals surface area (Å²) in [5.41, 5.74) is 9.42. The minimum atomic E-state index is -0.544. The fourth-order valence-electron chi connectivity index (χ4n) is 3.35. The van der Waals surface area contributed by atoms with E-state index < -0.39 is 5.91 Å². The molecule has 7 heteroatoms. The van der Waals surface area contributed by atoms with Crippen LogP contribution in [0.4, 0.5) is 5.69 Å². The van der Waals surface area contributed by atoms with Gasteiger partial charge in [-0.3, -0.25) is 9.36 Å². The second kappa shape index (κ2) is 7.27. The van der Waals surface area contributed by atoms with E-state index in [0.29, 0.717) is 23.4 Å². The van der Waals surface area contributed by atoms with Gasteiger partial charge in [0.25, 0.3) is 0 Å². The van der Waals surface area contributed by atoms with Gasteiger partial charge in [0.1, 0.15) is 0 Å². The number of pyridine rings is 1. The molecular formula is C22H21N5O2. The molecule has 146 valence electrons. The van der Waals surface area contributed by atoms with E-state index in [1.165, 1.54) is 4.57 Å². The highest BCUT2D eigenvalue weighted by atomic mass is 16.2. The van der Waals surface area contributed by atoms with Gasteiger partial charge in [-0.15, -0.1) is 0 Å². The first-order chi connectivity index (χ1) is 14.0. The highest BCUT2D eigenvalue weighted by Crippen LogP contribution is 2.19. The number of nitrogens with two attached hydrogens (primary N) is 1. The average molecular weight is 387 g/mol. The molecule has 0 atom stereocenters. The van der Waals surface area contributed by atoms with E-state index in [9.17, 15) is 9.59 Å². The molecular weight excluding hydrogens is 366 g/mol. The molecule has 0 bridgehead atoms. The zero-order valence-electron chi connectivity index (χ0n) is 16.2. The van der Waals surface area contributed by atoms with Gasteiger partial charge in [0.05, 0.1) is 17.7 Å². The van der Waals surface area contributed by atoms with Crippen LogP contribution in [0.3, 0.4) is 0 Å². The van der Waals surface area contributed by atoms with Crippen molar-refractivity contribution in [3.63, 3.8) is 0 Å². The van der Waals surface area contributed by atoms with E-state index in [2.05, 4.69) is 4.98 Å². The summed E-state index contributed by atoms with van der Waals surface area (Å²) in [6, 6.07) is 18.4. The van der Waals surface area contributed by atoms with Crippen LogP contribution in [0.1, 0.15) is 15.9 Å². The van der Waals surface area contributed by atoms with Gasteiger partial charge in [-0.1, -0.05) is 18.2 Å². The SMILES string of the molecule is CN(C)c1ccc(Cn2c(=O)n(-c3cccc(C(N)=O)c3)c3ncccc32)cc1. The van der Waals surface area contributed by atoms with Crippen molar-refractivity contribution >= 4 is 22.8 Å². The van der Waals surface area contributed by atoms with Crippen LogP contribution in [0.15, 0.2) is 71.7 Å². The molecule has 0 aliphatic rings. The number of nitrogens with zero attached hydrogens (tertiary/aromatic N) is 4. The number of hydrogen-bond acceptors (Lipinski definition) is 4. The van der Waals surface area contributed by atoms with Crippen LogP contribution in [-0.2, 0) is 6.54 Å². The van der Waals surface area contributed by atoms with Crippen LogP contribution in [0.25, 0.3) is 16.9 Å². The second-order valence-electron chi connectivity index (χ2n) is 7.03. The third-order valence-corrected chi connectivity index (χ3v) is 4.87. The summed E-state index contributed by atoms with van der Waals surface area (Å²) in [6.45, 7) is 0.414. The summed E-state index contributed by atoms with van der Waals surface area (Å²) >= 11 is 0. The summed E-state index contributed by atoms with van der Waals surface area (Å²) < 4.78 is 3.19. The van der Waals surface area contributed by atoms with E-state index in [-0.39, 0.29) is 5.69 Å². The molecule has 7 nitrogen and oxygen atoms in total. The molecule has 4 rings (SSSR count). The Morgan fingerprint density at radius 3 is 2.52 bits per heavy atom. The van der Waals surface area contributed by atoms with Crippen molar-refractivity contribution in [2.75, 3.05) is 19.0 Å². The summed E-state index contributed by atoms with van der Waals surface area (Å²) in [4.78, 5) is 31.3. The van der Waals surface area contributed by atoms with Crippen LogP contribution in [0, 0.1) is 0 Å². The molecule has 0 fully saturated rings. The van der Waals surface area contributed by atoms with Crippen LogP contribution >= 0.6 is 0 Å². The molecule has 0 saturated heterocycles. The summed E-state index contributed by atoms with van der Waals surface area (Å²) in [6.07, 6.45) is 1.65. The second-order valence-corrected chi connectivity index (χ2v) is 7.03. The Morgan fingerprint density at radius 2 is 1.83 bits per heavy atom. The van der Waals surface area contributed by atoms with Gasteiger partial charge in [0, 0.05) is 31.5 Å². The normalized spacial score (nSPS) is 11.0. The summed E-state index contributed by atoms with van der Waals surface area (Å²) in [5, 5.41) is 0. The van der Waals surface area contributed by atoms with Crippen LogP contribution in [0.5, 0.6) is 0 Å². The Hall–Kier alpha value is -3.87. The number of benzene rings is 2. The standard InChI is InChI=1S/C22H21N5O2/c1-25(2)17-10-8-15(9-11-17)14-26-19-7-4-12-24-21(19)27(22(26)29)18-6-3-5-16(13-18)20(23)28/h3-13H,14H2,1-2H3,(H2,23,28). The number of aromatic nitrogens is 3. The maximum Gasteiger partial charge on any atom is 0.335 e. The third kappa shape index (κ3) is 3.38. The fourth-order valence-corrected chi connectivity index (χ4v) is 3.35. The first-order valence-corrected chi connectivity index (χ1v) is 9.18. The first-order valence-electron chi connectivity index (χ1n) is 9.18. The lowest BCUT2D eigenvalue weighted by atomic mass is 10.2. The monoisotopic (exact) mass is 387 g/mol. The van der Waals surface area contributed by atoms with Crippen molar-refractivity contribution < 1.29 is 4.79 Å². The minimum Gasteiger partial charge on any atom is -0.378 e. The molecule has 2 aromatic heterocycles. The van der Waals surface area contributed by atoms with Gasteiger partial charge in [-0.25, -0.2) is 14.3 Å². The number of carbonyl (C=O) groups is 1. The Bertz CT molecular complexity index is 1250. The zero-order chi connectivity index (χ0) is 20.5. The maximum absolute atomic E-state index is 13.3. The Labute approximate surface area is 167 Å². The van der Waals surface area contributed by atoms with Gasteiger partial charge in [0.2, 0.25) is 5.91 Å². The lowest BCUT2D eigenvalue weighted by Crippen LogP contribution is -2.24. The number of hydrogen-bond donors (Lipinski definition) is 1. The molecule has 2 aromatic carbocycles. The average Bonchev–Trinajstić information content (AvgIpc) is 3.00. The van der Waals surface area contributed by atoms with Gasteiger partial charge in [-0.2, -0.15) is 0 Å². The van der Waals surface area contributed by atoms with Crippen molar-refractivity contribution in [2.45, 2.75) is 6.54 Å². The number of amides is 1. The van der Waals surface area contributed by atoms with Crippen molar-refractivity contribution in [1.82, 2.24) is 14.1 Å². The lowest BCUT2D eigenvalue weighted by Gasteiger charge is -2.12. The van der Waals surface area contributed by atoms with Crippen molar-refractivity contribution in [2.24, 2.45) is 5.73 Å². The van der Waals surface area contributed by atoms with Crippen LogP contribution in [-0.4, -0.2) is 34.1 Å². The van der Waals surface area contributed by atoms with E-state index in [4.69, 9.17) is 5.73 Å². The molecule has 4 aromatic rings. The molecule has 0 aliphatic heterocycles. The minimum absolute atomic E-state index is 0.225. The molecule has 0 unspecified atom stereocenters. The Balaban J connectivity index is 1.84. The lowest BCUT2D eigenvalue weighted by molar-refractivity contribution is 0.1000. The molecule has 29 heavy (non-hydrogen) atoms. The molecule has 2 heterocycles. The van der Waals surface area contributed by atoms with Gasteiger partial charge in [0.15, 0.2) is 5.65 Å². The van der Waals surface area contributed by atoms with Gasteiger partial charge < -0.3 is 10.6 Å². The zero-order valence-corrected chi connectivity index (χ0v) is 16.2. The van der Waals surface area contributed by atoms with E-state index in [1.54, 1.807) is 41.1 Å². The van der Waals surface area contributed by atoms with Gasteiger partial charge in [-0.05, 0) is 48.0 Å². The van der Waals surface area contributed by atoms with E-state index >= 15 is 0 Å². The first kappa shape index (κ1) is 18.5. The Kier molecular flexibility index (Phi) is 4.64. The fraction of sp³-hybridized carbons (Fsp3) is 0.136. The summed E-state index contributed by atoms with van der Waals surface area (Å²) in [7, 11) is 3.97. The van der Waals surface area contributed by atoms with Crippen LogP contribution in [0.2, 0.25) is 0 Å². The number of carbonyl (C=O) groups excluding carboxylic acids is 1. The van der Waals surface area contributed by atoms with Crippen molar-refractivity contribution in [3.05, 3.63) is 88.5 Å². The smallest absolute Gasteiger partial charge is 0.335 e. The largest absolute Gasteiger partial charge is 0.378 e. The maximum atomic E-state index is 13.3. The topological polar surface area (TPSA) is 86.1 Å². The molecule has 0 aliphatic carbocycles. The molecule has 0 spiro atoms. The van der Waals surface area contributed by atoms with E-state index in [0.717, 1.165) is 16.8 Å². The molecule has 0 saturated carbocycles. The molecule has 2 N–H and O–H groups in total. The highest BCUT2D eigenvalue weighted by Gasteiger charge is 2.16. The predicted octanol–water partition coefficient (Wildman–Crippen LogP) is 2.40. The molecule has 0 radical (unpaired) electrons. The summed E-state index contributed by atoms with van der Waals surface area (Å²) in [5.74, 6) is -0.544. The number of primary amides is 1. The third-order valence-electron chi connectivity index (χ3n) is 4.87. The van der Waals surface area contributed by atoms with Crippen molar-refractivity contribution in [3.8, 4) is 5.69 Å². The number of rotatable bonds is 5. The predicted molar refractivity (Wildman–Crippen MR) is 114 cm³/mol. The number of fused-ring (bicyclic) bond motifs is 1. The number of imidazole rings is 1. The quantitative estimate of drug-likeness (QED) is 0.570. The van der Waals surface area contributed by atoms with Gasteiger partial charge >= 0.3 is 5.69 Å².